The van der Waals surface area contributed by atoms with E-state index in [1.54, 1.807) is 33.5 Å². The SMILES string of the molecule is COc1ccc2c(c1OC)C1N(C)CCc3cc4c(cc3C1(OC)C2=O)OCO4. The lowest BCUT2D eigenvalue weighted by Gasteiger charge is -2.37. The lowest BCUT2D eigenvalue weighted by molar-refractivity contribution is -0.0453. The molecule has 0 fully saturated rings. The summed E-state index contributed by atoms with van der Waals surface area (Å²) in [5.41, 5.74) is 2.03. The number of rotatable bonds is 3. The number of fused-ring (bicyclic) bond motifs is 6. The van der Waals surface area contributed by atoms with E-state index in [0.29, 0.717) is 28.6 Å². The molecule has 0 radical (unpaired) electrons. The molecule has 1 aliphatic carbocycles. The van der Waals surface area contributed by atoms with Crippen LogP contribution in [0.1, 0.15) is 33.1 Å². The summed E-state index contributed by atoms with van der Waals surface area (Å²) in [5, 5.41) is 0. The quantitative estimate of drug-likeness (QED) is 0.789. The van der Waals surface area contributed by atoms with Crippen LogP contribution in [0, 0.1) is 0 Å². The summed E-state index contributed by atoms with van der Waals surface area (Å²) in [7, 11) is 6.79. The van der Waals surface area contributed by atoms with Gasteiger partial charge in [-0.2, -0.15) is 0 Å². The number of hydrogen-bond acceptors (Lipinski definition) is 7. The van der Waals surface area contributed by atoms with Crippen molar-refractivity contribution < 1.29 is 28.5 Å². The van der Waals surface area contributed by atoms with Crippen LogP contribution in [0.3, 0.4) is 0 Å². The molecule has 0 amide bonds. The third-order valence-electron chi connectivity index (χ3n) is 6.32. The van der Waals surface area contributed by atoms with E-state index in [4.69, 9.17) is 23.7 Å². The molecule has 7 nitrogen and oxygen atoms in total. The molecular formula is C22H23NO6. The zero-order valence-corrected chi connectivity index (χ0v) is 16.9. The van der Waals surface area contributed by atoms with Crippen molar-refractivity contribution in [3.63, 3.8) is 0 Å². The van der Waals surface area contributed by atoms with Crippen molar-refractivity contribution >= 4 is 5.78 Å². The van der Waals surface area contributed by atoms with E-state index in [0.717, 1.165) is 29.7 Å². The van der Waals surface area contributed by atoms with Crippen molar-refractivity contribution in [3.8, 4) is 23.0 Å². The molecule has 2 unspecified atom stereocenters. The maximum atomic E-state index is 13.9. The number of methoxy groups -OCH3 is 3. The third kappa shape index (κ3) is 2.22. The van der Waals surface area contributed by atoms with Crippen LogP contribution >= 0.6 is 0 Å². The first kappa shape index (κ1) is 18.3. The molecular weight excluding hydrogens is 374 g/mol. The molecule has 2 aromatic carbocycles. The Balaban J connectivity index is 1.82. The Bertz CT molecular complexity index is 1020. The minimum absolute atomic E-state index is 0.0881. The molecule has 0 bridgehead atoms. The lowest BCUT2D eigenvalue weighted by atomic mass is 9.82. The fourth-order valence-electron chi connectivity index (χ4n) is 5.02. The van der Waals surface area contributed by atoms with Crippen LogP contribution in [0.15, 0.2) is 24.3 Å². The average molecular weight is 397 g/mol. The number of likely N-dealkylation sites (N-methyl/N-ethyl adjacent to an activating group) is 1. The standard InChI is InChI=1S/C22H23NO6/c1-23-8-7-12-9-16-17(29-11-28-16)10-14(12)22(27-4)20(23)18-13(21(22)24)5-6-15(25-2)19(18)26-3/h5-6,9-10,20H,7-8,11H2,1-4H3. The van der Waals surface area contributed by atoms with Gasteiger partial charge in [-0.05, 0) is 43.3 Å². The van der Waals surface area contributed by atoms with Gasteiger partial charge in [0.15, 0.2) is 28.6 Å². The Morgan fingerprint density at radius 1 is 1.10 bits per heavy atom. The van der Waals surface area contributed by atoms with Crippen molar-refractivity contribution in [3.05, 3.63) is 46.5 Å². The maximum absolute atomic E-state index is 13.9. The van der Waals surface area contributed by atoms with Crippen LogP contribution in [0.5, 0.6) is 23.0 Å². The smallest absolute Gasteiger partial charge is 0.231 e. The second kappa shape index (κ2) is 6.37. The molecule has 0 aromatic heterocycles. The Morgan fingerprint density at radius 2 is 1.86 bits per heavy atom. The topological polar surface area (TPSA) is 66.5 Å². The van der Waals surface area contributed by atoms with Crippen LogP contribution < -0.4 is 18.9 Å². The second-order valence-corrected chi connectivity index (χ2v) is 7.53. The van der Waals surface area contributed by atoms with Crippen molar-refractivity contribution in [2.75, 3.05) is 41.7 Å². The number of ketones is 1. The first-order chi connectivity index (χ1) is 14.1. The van der Waals surface area contributed by atoms with E-state index >= 15 is 0 Å². The number of carbonyl (C=O) groups is 1. The van der Waals surface area contributed by atoms with Gasteiger partial charge < -0.3 is 23.7 Å². The molecule has 152 valence electrons. The highest BCUT2D eigenvalue weighted by Gasteiger charge is 2.60. The molecule has 2 aliphatic heterocycles. The van der Waals surface area contributed by atoms with E-state index in [1.807, 2.05) is 19.2 Å². The Labute approximate surface area is 169 Å². The molecule has 0 saturated heterocycles. The fourth-order valence-corrected chi connectivity index (χ4v) is 5.02. The minimum atomic E-state index is -1.20. The van der Waals surface area contributed by atoms with Crippen molar-refractivity contribution in [1.29, 1.82) is 0 Å². The summed E-state index contributed by atoms with van der Waals surface area (Å²) in [6.07, 6.45) is 0.763. The lowest BCUT2D eigenvalue weighted by Crippen LogP contribution is -2.44. The van der Waals surface area contributed by atoms with Gasteiger partial charge in [-0.1, -0.05) is 0 Å². The molecule has 0 N–H and O–H groups in total. The number of Topliss-reactive ketones (excluding diaryl/α,β-unsaturated/α-hetero) is 1. The van der Waals surface area contributed by atoms with E-state index in [-0.39, 0.29) is 18.6 Å². The molecule has 2 aromatic rings. The van der Waals surface area contributed by atoms with Crippen molar-refractivity contribution in [2.45, 2.75) is 18.1 Å². The molecule has 29 heavy (non-hydrogen) atoms. The molecule has 2 heterocycles. The van der Waals surface area contributed by atoms with Gasteiger partial charge in [-0.3, -0.25) is 9.69 Å². The first-order valence-electron chi connectivity index (χ1n) is 9.54. The van der Waals surface area contributed by atoms with E-state index < -0.39 is 5.60 Å². The van der Waals surface area contributed by atoms with Gasteiger partial charge >= 0.3 is 0 Å². The van der Waals surface area contributed by atoms with Crippen molar-refractivity contribution in [1.82, 2.24) is 4.90 Å². The summed E-state index contributed by atoms with van der Waals surface area (Å²) in [6, 6.07) is 7.09. The first-order valence-corrected chi connectivity index (χ1v) is 9.54. The predicted octanol–water partition coefficient (Wildman–Crippen LogP) is 2.70. The average Bonchev–Trinajstić information content (AvgIpc) is 3.27. The fraction of sp³-hybridized carbons (Fsp3) is 0.409. The Kier molecular flexibility index (Phi) is 4.01. The van der Waals surface area contributed by atoms with Gasteiger partial charge in [0, 0.05) is 30.3 Å². The predicted molar refractivity (Wildman–Crippen MR) is 104 cm³/mol. The molecule has 5 rings (SSSR count). The molecule has 3 aliphatic rings. The molecule has 0 saturated carbocycles. The molecule has 0 spiro atoms. The van der Waals surface area contributed by atoms with Gasteiger partial charge in [0.2, 0.25) is 12.6 Å². The highest BCUT2D eigenvalue weighted by Crippen LogP contribution is 2.58. The van der Waals surface area contributed by atoms with E-state index in [2.05, 4.69) is 4.90 Å². The summed E-state index contributed by atoms with van der Waals surface area (Å²) in [6.45, 7) is 0.927. The van der Waals surface area contributed by atoms with Crippen LogP contribution in [0.2, 0.25) is 0 Å². The van der Waals surface area contributed by atoms with E-state index in [9.17, 15) is 4.79 Å². The number of ether oxygens (including phenoxy) is 5. The molecule has 2 atom stereocenters. The minimum Gasteiger partial charge on any atom is -0.493 e. The normalized spacial score (nSPS) is 24.6. The number of benzene rings is 2. The second-order valence-electron chi connectivity index (χ2n) is 7.53. The van der Waals surface area contributed by atoms with E-state index in [1.165, 1.54) is 0 Å². The number of carbonyl (C=O) groups excluding carboxylic acids is 1. The van der Waals surface area contributed by atoms with Crippen LogP contribution in [0.4, 0.5) is 0 Å². The van der Waals surface area contributed by atoms with Gasteiger partial charge in [-0.15, -0.1) is 0 Å². The zero-order valence-electron chi connectivity index (χ0n) is 16.9. The maximum Gasteiger partial charge on any atom is 0.231 e. The zero-order chi connectivity index (χ0) is 20.3. The van der Waals surface area contributed by atoms with Crippen LogP contribution in [-0.4, -0.2) is 52.4 Å². The van der Waals surface area contributed by atoms with Crippen LogP contribution in [0.25, 0.3) is 0 Å². The van der Waals surface area contributed by atoms with Gasteiger partial charge in [0.25, 0.3) is 0 Å². The van der Waals surface area contributed by atoms with Gasteiger partial charge in [0.1, 0.15) is 0 Å². The molecule has 7 heteroatoms. The third-order valence-corrected chi connectivity index (χ3v) is 6.32. The largest absolute Gasteiger partial charge is 0.493 e. The number of nitrogens with zero attached hydrogens (tertiary/aromatic N) is 1. The van der Waals surface area contributed by atoms with Crippen molar-refractivity contribution in [2.24, 2.45) is 0 Å². The van der Waals surface area contributed by atoms with Gasteiger partial charge in [-0.25, -0.2) is 0 Å². The highest BCUT2D eigenvalue weighted by molar-refractivity contribution is 6.09. The van der Waals surface area contributed by atoms with Gasteiger partial charge in [0.05, 0.1) is 20.3 Å². The summed E-state index contributed by atoms with van der Waals surface area (Å²) < 4.78 is 28.5. The monoisotopic (exact) mass is 397 g/mol. The summed E-state index contributed by atoms with van der Waals surface area (Å²) >= 11 is 0. The summed E-state index contributed by atoms with van der Waals surface area (Å²) in [5.74, 6) is 2.41. The number of hydrogen-bond donors (Lipinski definition) is 0. The van der Waals surface area contributed by atoms with Crippen LogP contribution in [-0.2, 0) is 16.8 Å². The highest BCUT2D eigenvalue weighted by atomic mass is 16.7. The summed E-state index contributed by atoms with van der Waals surface area (Å²) in [4.78, 5) is 16.0. The Hall–Kier alpha value is -2.77. The Morgan fingerprint density at radius 3 is 2.55 bits per heavy atom.